The molecule has 0 saturated heterocycles. The second-order valence-corrected chi connectivity index (χ2v) is 7.88. The molecule has 2 heterocycles. The van der Waals surface area contributed by atoms with Crippen molar-refractivity contribution in [3.8, 4) is 0 Å². The van der Waals surface area contributed by atoms with Crippen LogP contribution >= 0.6 is 15.9 Å². The maximum absolute atomic E-state index is 13.2. The van der Waals surface area contributed by atoms with Gasteiger partial charge in [0.15, 0.2) is 10.6 Å². The number of carbonyl (C=O) groups is 1. The number of fused-ring (bicyclic) bond motifs is 1. The molecule has 0 spiro atoms. The summed E-state index contributed by atoms with van der Waals surface area (Å²) in [5.41, 5.74) is 3.34. The average Bonchev–Trinajstić information content (AvgIpc) is 2.91. The fraction of sp³-hybridized carbons (Fsp3) is 0.235. The summed E-state index contributed by atoms with van der Waals surface area (Å²) in [4.78, 5) is 17.0. The highest BCUT2D eigenvalue weighted by atomic mass is 79.9. The maximum Gasteiger partial charge on any atom is 0.359 e. The molecule has 0 N–H and O–H groups in total. The van der Waals surface area contributed by atoms with Crippen molar-refractivity contribution in [2.45, 2.75) is 25.7 Å². The zero-order chi connectivity index (χ0) is 18.3. The van der Waals surface area contributed by atoms with Gasteiger partial charge >= 0.3 is 5.97 Å². The van der Waals surface area contributed by atoms with Gasteiger partial charge in [-0.3, -0.25) is 0 Å². The van der Waals surface area contributed by atoms with Crippen LogP contribution in [0.1, 0.15) is 27.2 Å². The van der Waals surface area contributed by atoms with Gasteiger partial charge in [0.25, 0.3) is 0 Å². The lowest BCUT2D eigenvalue weighted by atomic mass is 10.1. The number of nitrogens with zero attached hydrogens (tertiary/aromatic N) is 3. The Morgan fingerprint density at radius 2 is 1.88 bits per heavy atom. The number of halogens is 1. The SMILES string of the molecule is COC(=O)c1nn([S+]([O-])c2c(C)cc(C)cc2C)c2ncc(Br)cc12. The van der Waals surface area contributed by atoms with Crippen molar-refractivity contribution in [3.63, 3.8) is 0 Å². The van der Waals surface area contributed by atoms with Crippen molar-refractivity contribution >= 4 is 44.3 Å². The van der Waals surface area contributed by atoms with Crippen molar-refractivity contribution in [2.75, 3.05) is 7.11 Å². The summed E-state index contributed by atoms with van der Waals surface area (Å²) in [6.45, 7) is 5.80. The van der Waals surface area contributed by atoms with Crippen LogP contribution in [0.2, 0.25) is 0 Å². The van der Waals surface area contributed by atoms with Crippen molar-refractivity contribution in [1.82, 2.24) is 14.2 Å². The third-order valence-corrected chi connectivity index (χ3v) is 5.77. The molecule has 3 rings (SSSR count). The van der Waals surface area contributed by atoms with Gasteiger partial charge in [-0.2, -0.15) is 0 Å². The second-order valence-electron chi connectivity index (χ2n) is 5.71. The highest BCUT2D eigenvalue weighted by Gasteiger charge is 2.28. The highest BCUT2D eigenvalue weighted by Crippen LogP contribution is 2.28. The third kappa shape index (κ3) is 3.17. The number of hydrogen-bond donors (Lipinski definition) is 0. The number of ether oxygens (including phenoxy) is 1. The molecule has 1 atom stereocenters. The van der Waals surface area contributed by atoms with E-state index in [1.54, 1.807) is 12.3 Å². The minimum atomic E-state index is -1.64. The van der Waals surface area contributed by atoms with Gasteiger partial charge in [-0.1, -0.05) is 21.8 Å². The highest BCUT2D eigenvalue weighted by molar-refractivity contribution is 9.10. The van der Waals surface area contributed by atoms with E-state index in [1.807, 2.05) is 32.9 Å². The molecule has 0 fully saturated rings. The Morgan fingerprint density at radius 1 is 1.24 bits per heavy atom. The van der Waals surface area contributed by atoms with Crippen LogP contribution in [0, 0.1) is 20.8 Å². The minimum Gasteiger partial charge on any atom is -0.586 e. The maximum atomic E-state index is 13.2. The third-order valence-electron chi connectivity index (χ3n) is 3.78. The Balaban J connectivity index is 2.24. The van der Waals surface area contributed by atoms with E-state index in [0.717, 1.165) is 16.7 Å². The number of esters is 1. The van der Waals surface area contributed by atoms with Crippen molar-refractivity contribution in [2.24, 2.45) is 0 Å². The second kappa shape index (κ2) is 6.78. The van der Waals surface area contributed by atoms with E-state index < -0.39 is 17.3 Å². The van der Waals surface area contributed by atoms with E-state index in [9.17, 15) is 9.35 Å². The molecule has 2 aromatic heterocycles. The monoisotopic (exact) mass is 421 g/mol. The summed E-state index contributed by atoms with van der Waals surface area (Å²) in [7, 11) is 1.28. The van der Waals surface area contributed by atoms with Crippen LogP contribution in [0.25, 0.3) is 11.0 Å². The van der Waals surface area contributed by atoms with Crippen molar-refractivity contribution < 1.29 is 14.1 Å². The molecule has 6 nitrogen and oxygen atoms in total. The van der Waals surface area contributed by atoms with Gasteiger partial charge in [-0.15, -0.1) is 5.10 Å². The molecule has 8 heteroatoms. The van der Waals surface area contributed by atoms with Crippen LogP contribution in [0.3, 0.4) is 0 Å². The predicted molar refractivity (Wildman–Crippen MR) is 99.0 cm³/mol. The van der Waals surface area contributed by atoms with E-state index in [1.165, 1.54) is 11.2 Å². The first-order valence-electron chi connectivity index (χ1n) is 7.46. The molecule has 0 bridgehead atoms. The van der Waals surface area contributed by atoms with Crippen LogP contribution in [0.15, 0.2) is 33.8 Å². The van der Waals surface area contributed by atoms with Crippen LogP contribution in [0.4, 0.5) is 0 Å². The lowest BCUT2D eigenvalue weighted by molar-refractivity contribution is 0.0596. The molecule has 0 aliphatic rings. The van der Waals surface area contributed by atoms with Gasteiger partial charge in [-0.05, 0) is 42.8 Å². The summed E-state index contributed by atoms with van der Waals surface area (Å²) < 4.78 is 20.0. The Labute approximate surface area is 156 Å². The Bertz CT molecular complexity index is 964. The fourth-order valence-corrected chi connectivity index (χ4v) is 4.47. The van der Waals surface area contributed by atoms with Crippen LogP contribution in [0.5, 0.6) is 0 Å². The molecule has 1 unspecified atom stereocenters. The molecule has 3 aromatic rings. The first-order chi connectivity index (χ1) is 11.8. The normalized spacial score (nSPS) is 12.4. The van der Waals surface area contributed by atoms with E-state index >= 15 is 0 Å². The number of aromatic nitrogens is 3. The molecule has 130 valence electrons. The minimum absolute atomic E-state index is 0.0852. The number of carbonyl (C=O) groups excluding carboxylic acids is 1. The molecule has 0 amide bonds. The Hall–Kier alpha value is -1.90. The summed E-state index contributed by atoms with van der Waals surface area (Å²) in [5.74, 6) is -0.599. The molecule has 25 heavy (non-hydrogen) atoms. The first kappa shape index (κ1) is 17.9. The summed E-state index contributed by atoms with van der Waals surface area (Å²) >= 11 is 1.70. The van der Waals surface area contributed by atoms with Crippen LogP contribution in [-0.2, 0) is 16.1 Å². The molecule has 0 radical (unpaired) electrons. The van der Waals surface area contributed by atoms with E-state index in [4.69, 9.17) is 4.74 Å². The van der Waals surface area contributed by atoms with Crippen molar-refractivity contribution in [3.05, 3.63) is 51.3 Å². The Kier molecular flexibility index (Phi) is 4.86. The number of benzene rings is 1. The summed E-state index contributed by atoms with van der Waals surface area (Å²) in [6, 6.07) is 5.65. The Morgan fingerprint density at radius 3 is 2.48 bits per heavy atom. The van der Waals surface area contributed by atoms with Gasteiger partial charge in [-0.25, -0.2) is 9.78 Å². The molecule has 0 saturated carbocycles. The van der Waals surface area contributed by atoms with Gasteiger partial charge in [0, 0.05) is 21.8 Å². The van der Waals surface area contributed by atoms with Gasteiger partial charge < -0.3 is 9.29 Å². The van der Waals surface area contributed by atoms with Gasteiger partial charge in [0.2, 0.25) is 5.65 Å². The summed E-state index contributed by atoms with van der Waals surface area (Å²) in [6.07, 6.45) is 1.58. The molecule has 0 aliphatic heterocycles. The first-order valence-corrected chi connectivity index (χ1v) is 9.36. The lowest BCUT2D eigenvalue weighted by Crippen LogP contribution is -2.18. The molecule has 0 aliphatic carbocycles. The fourth-order valence-electron chi connectivity index (χ4n) is 2.84. The number of hydrogen-bond acceptors (Lipinski definition) is 5. The largest absolute Gasteiger partial charge is 0.586 e. The molecular weight excluding hydrogens is 406 g/mol. The molecule has 1 aromatic carbocycles. The standard InChI is InChI=1S/C17H16BrN3O3S/c1-9-5-10(2)15(11(3)6-9)25(23)21-16-13(7-12(18)8-19-16)14(20-21)17(22)24-4/h5-8H,1-4H3. The average molecular weight is 422 g/mol. The van der Waals surface area contributed by atoms with Crippen molar-refractivity contribution in [1.29, 1.82) is 0 Å². The zero-order valence-corrected chi connectivity index (χ0v) is 16.6. The number of rotatable bonds is 3. The van der Waals surface area contributed by atoms with E-state index in [0.29, 0.717) is 20.4 Å². The van der Waals surface area contributed by atoms with Gasteiger partial charge in [0.05, 0.1) is 12.5 Å². The number of methoxy groups -OCH3 is 1. The van der Waals surface area contributed by atoms with Crippen LogP contribution < -0.4 is 0 Å². The quantitative estimate of drug-likeness (QED) is 0.477. The van der Waals surface area contributed by atoms with Gasteiger partial charge in [0.1, 0.15) is 11.4 Å². The van der Waals surface area contributed by atoms with E-state index in [2.05, 4.69) is 26.0 Å². The smallest absolute Gasteiger partial charge is 0.359 e. The number of pyridine rings is 1. The molecular formula is C17H16BrN3O3S. The number of aryl methyl sites for hydroxylation is 3. The predicted octanol–water partition coefficient (Wildman–Crippen LogP) is 3.48. The zero-order valence-electron chi connectivity index (χ0n) is 14.2. The van der Waals surface area contributed by atoms with Crippen LogP contribution in [-0.4, -0.2) is 31.8 Å². The lowest BCUT2D eigenvalue weighted by Gasteiger charge is -2.14. The topological polar surface area (TPSA) is 80.1 Å². The summed E-state index contributed by atoms with van der Waals surface area (Å²) in [5, 5.41) is 4.72. The van der Waals surface area contributed by atoms with E-state index in [-0.39, 0.29) is 5.69 Å².